The number of carbonyl (C=O) groups is 1. The Bertz CT molecular complexity index is 663. The molecule has 0 bridgehead atoms. The molecule has 0 aliphatic rings. The molecule has 146 valence electrons. The van der Waals surface area contributed by atoms with Crippen LogP contribution in [0.4, 0.5) is 0 Å². The van der Waals surface area contributed by atoms with Gasteiger partial charge in [-0.1, -0.05) is 59.7 Å². The summed E-state index contributed by atoms with van der Waals surface area (Å²) in [5.74, 6) is 0.550. The van der Waals surface area contributed by atoms with Gasteiger partial charge in [0.25, 0.3) is 16.6 Å². The number of benzene rings is 1. The molecule has 0 aliphatic carbocycles. The van der Waals surface area contributed by atoms with E-state index in [-0.39, 0.29) is 16.0 Å². The molecule has 3 nitrogen and oxygen atoms in total. The van der Waals surface area contributed by atoms with Gasteiger partial charge in [0.1, 0.15) is 5.75 Å². The molecule has 0 saturated carbocycles. The molecular formula is C21H36O3Si2. The zero-order chi connectivity index (χ0) is 20.4. The lowest BCUT2D eigenvalue weighted by atomic mass is 10.2. The van der Waals surface area contributed by atoms with E-state index < -0.39 is 16.6 Å². The van der Waals surface area contributed by atoms with Gasteiger partial charge in [-0.05, 0) is 48.4 Å². The van der Waals surface area contributed by atoms with E-state index >= 15 is 0 Å². The SMILES string of the molecule is CC(C)(C)[Si](C)(C)OC(=O)C=Cc1ccccc1O[Si](C)(C)C(C)(C)C. The molecule has 1 rings (SSSR count). The lowest BCUT2D eigenvalue weighted by Crippen LogP contribution is -2.44. The minimum absolute atomic E-state index is 0.000148. The summed E-state index contributed by atoms with van der Waals surface area (Å²) in [6, 6.07) is 7.86. The van der Waals surface area contributed by atoms with Crippen molar-refractivity contribution < 1.29 is 13.6 Å². The van der Waals surface area contributed by atoms with E-state index in [1.807, 2.05) is 24.3 Å². The maximum absolute atomic E-state index is 12.3. The van der Waals surface area contributed by atoms with Crippen molar-refractivity contribution >= 4 is 28.7 Å². The van der Waals surface area contributed by atoms with Crippen LogP contribution >= 0.6 is 0 Å². The Hall–Kier alpha value is -1.34. The van der Waals surface area contributed by atoms with E-state index in [1.54, 1.807) is 6.08 Å². The molecule has 0 N–H and O–H groups in total. The molecule has 0 heterocycles. The predicted molar refractivity (Wildman–Crippen MR) is 117 cm³/mol. The maximum Gasteiger partial charge on any atom is 0.317 e. The highest BCUT2D eigenvalue weighted by molar-refractivity contribution is 6.75. The fourth-order valence-corrected chi connectivity index (χ4v) is 3.65. The molecule has 0 amide bonds. The van der Waals surface area contributed by atoms with Gasteiger partial charge in [-0.25, -0.2) is 4.79 Å². The number of rotatable bonds is 5. The first-order chi connectivity index (χ1) is 11.6. The first-order valence-electron chi connectivity index (χ1n) is 9.26. The Morgan fingerprint density at radius 3 is 1.88 bits per heavy atom. The Labute approximate surface area is 162 Å². The molecule has 0 fully saturated rings. The van der Waals surface area contributed by atoms with Gasteiger partial charge in [-0.3, -0.25) is 0 Å². The van der Waals surface area contributed by atoms with Crippen LogP contribution in [0.5, 0.6) is 5.75 Å². The van der Waals surface area contributed by atoms with Crippen LogP contribution < -0.4 is 4.43 Å². The molecule has 0 saturated heterocycles. The van der Waals surface area contributed by atoms with Gasteiger partial charge in [-0.2, -0.15) is 0 Å². The second-order valence-electron chi connectivity index (χ2n) is 9.91. The Morgan fingerprint density at radius 2 is 1.38 bits per heavy atom. The lowest BCUT2D eigenvalue weighted by Gasteiger charge is -2.37. The monoisotopic (exact) mass is 392 g/mol. The zero-order valence-corrected chi connectivity index (χ0v) is 20.2. The van der Waals surface area contributed by atoms with Gasteiger partial charge in [0.2, 0.25) is 0 Å². The van der Waals surface area contributed by atoms with Crippen LogP contribution in [-0.4, -0.2) is 22.6 Å². The molecule has 0 radical (unpaired) electrons. The number of carbonyl (C=O) groups excluding carboxylic acids is 1. The van der Waals surface area contributed by atoms with Crippen molar-refractivity contribution in [2.45, 2.75) is 77.8 Å². The third kappa shape index (κ3) is 5.84. The normalized spacial score (nSPS) is 13.8. The highest BCUT2D eigenvalue weighted by atomic mass is 28.4. The molecular weight excluding hydrogens is 356 g/mol. The second-order valence-corrected chi connectivity index (χ2v) is 19.4. The molecule has 5 heteroatoms. The average Bonchev–Trinajstić information content (AvgIpc) is 2.43. The number of hydrogen-bond donors (Lipinski definition) is 0. The summed E-state index contributed by atoms with van der Waals surface area (Å²) in [6.07, 6.45) is 3.33. The van der Waals surface area contributed by atoms with Crippen LogP contribution in [0, 0.1) is 0 Å². The van der Waals surface area contributed by atoms with Crippen LogP contribution in [0.3, 0.4) is 0 Å². The quantitative estimate of drug-likeness (QED) is 0.416. The summed E-state index contributed by atoms with van der Waals surface area (Å²) >= 11 is 0. The highest BCUT2D eigenvalue weighted by Crippen LogP contribution is 2.39. The Morgan fingerprint density at radius 1 is 0.885 bits per heavy atom. The third-order valence-electron chi connectivity index (χ3n) is 5.65. The van der Waals surface area contributed by atoms with E-state index in [4.69, 9.17) is 8.85 Å². The summed E-state index contributed by atoms with van der Waals surface area (Å²) in [4.78, 5) is 12.3. The van der Waals surface area contributed by atoms with Gasteiger partial charge in [0, 0.05) is 11.6 Å². The fraction of sp³-hybridized carbons (Fsp3) is 0.571. The topological polar surface area (TPSA) is 35.5 Å². The van der Waals surface area contributed by atoms with Crippen LogP contribution in [0.2, 0.25) is 36.3 Å². The first kappa shape index (κ1) is 22.7. The van der Waals surface area contributed by atoms with E-state index in [2.05, 4.69) is 67.7 Å². The minimum Gasteiger partial charge on any atom is -0.543 e. The molecule has 0 spiro atoms. The van der Waals surface area contributed by atoms with Crippen molar-refractivity contribution in [1.82, 2.24) is 0 Å². The van der Waals surface area contributed by atoms with Crippen LogP contribution in [0.1, 0.15) is 47.1 Å². The third-order valence-corrected chi connectivity index (χ3v) is 14.3. The van der Waals surface area contributed by atoms with E-state index in [0.29, 0.717) is 0 Å². The van der Waals surface area contributed by atoms with E-state index in [9.17, 15) is 4.79 Å². The summed E-state index contributed by atoms with van der Waals surface area (Å²) < 4.78 is 12.2. The predicted octanol–water partition coefficient (Wildman–Crippen LogP) is 6.63. The largest absolute Gasteiger partial charge is 0.543 e. The Kier molecular flexibility index (Phi) is 6.75. The van der Waals surface area contributed by atoms with Crippen LogP contribution in [0.15, 0.2) is 30.3 Å². The standard InChI is InChI=1S/C21H36O3Si2/c1-20(2,3)25(7,8)23-18-14-12-11-13-17(18)15-16-19(22)24-26(9,10)21(4,5)6/h11-16H,1-10H3. The van der Waals surface area contributed by atoms with Crippen molar-refractivity contribution in [3.63, 3.8) is 0 Å². The highest BCUT2D eigenvalue weighted by Gasteiger charge is 2.40. The van der Waals surface area contributed by atoms with Gasteiger partial charge >= 0.3 is 5.97 Å². The molecule has 0 aliphatic heterocycles. The van der Waals surface area contributed by atoms with Crippen molar-refractivity contribution in [1.29, 1.82) is 0 Å². The van der Waals surface area contributed by atoms with Gasteiger partial charge in [-0.15, -0.1) is 0 Å². The lowest BCUT2D eigenvalue weighted by molar-refractivity contribution is -0.129. The molecule has 26 heavy (non-hydrogen) atoms. The summed E-state index contributed by atoms with van der Waals surface area (Å²) in [5, 5.41) is 0.116. The smallest absolute Gasteiger partial charge is 0.317 e. The van der Waals surface area contributed by atoms with Crippen LogP contribution in [0.25, 0.3) is 6.08 Å². The first-order valence-corrected chi connectivity index (χ1v) is 15.1. The van der Waals surface area contributed by atoms with Crippen molar-refractivity contribution in [3.8, 4) is 5.75 Å². The summed E-state index contributed by atoms with van der Waals surface area (Å²) in [5.41, 5.74) is 0.907. The minimum atomic E-state index is -2.11. The zero-order valence-electron chi connectivity index (χ0n) is 18.2. The molecule has 0 aromatic heterocycles. The molecule has 0 unspecified atom stereocenters. The Balaban J connectivity index is 2.99. The maximum atomic E-state index is 12.3. The summed E-state index contributed by atoms with van der Waals surface area (Å²) in [7, 11) is -4.05. The van der Waals surface area contributed by atoms with E-state index in [0.717, 1.165) is 11.3 Å². The number of hydrogen-bond acceptors (Lipinski definition) is 3. The average molecular weight is 393 g/mol. The molecule has 1 aromatic rings. The van der Waals surface area contributed by atoms with Crippen LogP contribution in [-0.2, 0) is 9.22 Å². The van der Waals surface area contributed by atoms with Crippen molar-refractivity contribution in [2.75, 3.05) is 0 Å². The number of para-hydroxylation sites is 1. The van der Waals surface area contributed by atoms with Crippen molar-refractivity contribution in [3.05, 3.63) is 35.9 Å². The molecule has 0 atom stereocenters. The van der Waals surface area contributed by atoms with Gasteiger partial charge < -0.3 is 8.85 Å². The van der Waals surface area contributed by atoms with Gasteiger partial charge in [0.05, 0.1) is 0 Å². The summed E-state index contributed by atoms with van der Waals surface area (Å²) in [6.45, 7) is 21.6. The molecule has 1 aromatic carbocycles. The van der Waals surface area contributed by atoms with Gasteiger partial charge in [0.15, 0.2) is 0 Å². The fourth-order valence-electron chi connectivity index (χ4n) is 1.74. The van der Waals surface area contributed by atoms with E-state index in [1.165, 1.54) is 6.08 Å². The van der Waals surface area contributed by atoms with Crippen molar-refractivity contribution in [2.24, 2.45) is 0 Å². The second kappa shape index (κ2) is 7.73.